The SMILES string of the molecule is COC(=O)CCc1cc(C)cc(C(F)(F)F)c1.O=C(O)C(F)(F)F. The van der Waals surface area contributed by atoms with Gasteiger partial charge in [-0.05, 0) is 31.0 Å². The summed E-state index contributed by atoms with van der Waals surface area (Å²) in [5.74, 6) is -3.19. The van der Waals surface area contributed by atoms with Crippen molar-refractivity contribution in [3.05, 3.63) is 34.9 Å². The lowest BCUT2D eigenvalue weighted by molar-refractivity contribution is -0.192. The predicted molar refractivity (Wildman–Crippen MR) is 70.2 cm³/mol. The van der Waals surface area contributed by atoms with Crippen LogP contribution in [0.2, 0.25) is 0 Å². The Kier molecular flexibility index (Phi) is 7.75. The van der Waals surface area contributed by atoms with Crippen LogP contribution in [0.15, 0.2) is 18.2 Å². The molecule has 1 aromatic carbocycles. The number of carboxylic acid groups (broad SMARTS) is 1. The zero-order chi connectivity index (χ0) is 19.1. The zero-order valence-electron chi connectivity index (χ0n) is 12.6. The van der Waals surface area contributed by atoms with Gasteiger partial charge in [0, 0.05) is 6.42 Å². The van der Waals surface area contributed by atoms with Crippen LogP contribution in [-0.2, 0) is 26.9 Å². The quantitative estimate of drug-likeness (QED) is 0.659. The number of carbonyl (C=O) groups excluding carboxylic acids is 1. The molecular weight excluding hydrogens is 346 g/mol. The lowest BCUT2D eigenvalue weighted by atomic mass is 10.0. The fourth-order valence-electron chi connectivity index (χ4n) is 1.52. The summed E-state index contributed by atoms with van der Waals surface area (Å²) in [4.78, 5) is 19.8. The number of halogens is 6. The van der Waals surface area contributed by atoms with E-state index in [-0.39, 0.29) is 12.8 Å². The van der Waals surface area contributed by atoms with Crippen molar-refractivity contribution in [2.45, 2.75) is 32.1 Å². The number of hydrogen-bond acceptors (Lipinski definition) is 3. The number of rotatable bonds is 3. The van der Waals surface area contributed by atoms with Crippen molar-refractivity contribution in [2.75, 3.05) is 7.11 Å². The molecule has 0 amide bonds. The molecule has 0 aromatic heterocycles. The van der Waals surface area contributed by atoms with Gasteiger partial charge in [0.1, 0.15) is 0 Å². The van der Waals surface area contributed by atoms with Crippen LogP contribution in [0.5, 0.6) is 0 Å². The van der Waals surface area contributed by atoms with Crippen molar-refractivity contribution in [2.24, 2.45) is 0 Å². The van der Waals surface area contributed by atoms with Crippen LogP contribution in [0.1, 0.15) is 23.1 Å². The Morgan fingerprint density at radius 1 is 1.08 bits per heavy atom. The molecule has 10 heteroatoms. The zero-order valence-corrected chi connectivity index (χ0v) is 12.6. The summed E-state index contributed by atoms with van der Waals surface area (Å²) < 4.78 is 73.7. The van der Waals surface area contributed by atoms with E-state index >= 15 is 0 Å². The molecule has 0 unspecified atom stereocenters. The molecule has 0 radical (unpaired) electrons. The Hall–Kier alpha value is -2.26. The summed E-state index contributed by atoms with van der Waals surface area (Å²) in [5, 5.41) is 7.12. The molecule has 136 valence electrons. The number of carbonyl (C=O) groups is 2. The maximum atomic E-state index is 12.5. The third-order valence-corrected chi connectivity index (χ3v) is 2.55. The first kappa shape index (κ1) is 21.7. The van der Waals surface area contributed by atoms with Crippen molar-refractivity contribution < 1.29 is 45.8 Å². The minimum absolute atomic E-state index is 0.0806. The highest BCUT2D eigenvalue weighted by molar-refractivity contribution is 5.73. The summed E-state index contributed by atoms with van der Waals surface area (Å²) >= 11 is 0. The first-order valence-corrected chi connectivity index (χ1v) is 6.32. The smallest absolute Gasteiger partial charge is 0.475 e. The molecule has 1 rings (SSSR count). The number of aliphatic carboxylic acids is 1. The maximum absolute atomic E-state index is 12.5. The van der Waals surface area contributed by atoms with Gasteiger partial charge >= 0.3 is 24.3 Å². The Bertz CT molecular complexity index is 578. The third-order valence-electron chi connectivity index (χ3n) is 2.55. The molecule has 4 nitrogen and oxygen atoms in total. The number of aryl methyl sites for hydroxylation is 2. The van der Waals surface area contributed by atoms with Crippen molar-refractivity contribution in [1.82, 2.24) is 0 Å². The van der Waals surface area contributed by atoms with Crippen molar-refractivity contribution >= 4 is 11.9 Å². The Labute approximate surface area is 133 Å². The molecular formula is C14H14F6O4. The highest BCUT2D eigenvalue weighted by atomic mass is 19.4. The van der Waals surface area contributed by atoms with E-state index in [1.165, 1.54) is 7.11 Å². The van der Waals surface area contributed by atoms with Crippen molar-refractivity contribution in [3.8, 4) is 0 Å². The van der Waals surface area contributed by atoms with Crippen LogP contribution >= 0.6 is 0 Å². The summed E-state index contributed by atoms with van der Waals surface area (Å²) in [6.07, 6.45) is -9.11. The van der Waals surface area contributed by atoms with Gasteiger partial charge in [-0.3, -0.25) is 4.79 Å². The molecule has 0 atom stereocenters. The molecule has 0 aliphatic carbocycles. The molecule has 0 heterocycles. The van der Waals surface area contributed by atoms with Crippen molar-refractivity contribution in [1.29, 1.82) is 0 Å². The molecule has 0 bridgehead atoms. The van der Waals surface area contributed by atoms with E-state index in [4.69, 9.17) is 9.90 Å². The van der Waals surface area contributed by atoms with E-state index < -0.39 is 29.9 Å². The number of esters is 1. The third kappa shape index (κ3) is 8.39. The second-order valence-electron chi connectivity index (χ2n) is 4.58. The number of hydrogen-bond donors (Lipinski definition) is 1. The lowest BCUT2D eigenvalue weighted by Gasteiger charge is -2.10. The molecule has 0 saturated carbocycles. The van der Waals surface area contributed by atoms with Crippen LogP contribution in [0.25, 0.3) is 0 Å². The summed E-state index contributed by atoms with van der Waals surface area (Å²) in [7, 11) is 1.25. The number of methoxy groups -OCH3 is 1. The minimum atomic E-state index is -5.08. The van der Waals surface area contributed by atoms with E-state index in [9.17, 15) is 31.1 Å². The monoisotopic (exact) mass is 360 g/mol. The average molecular weight is 360 g/mol. The maximum Gasteiger partial charge on any atom is 0.490 e. The van der Waals surface area contributed by atoms with Crippen LogP contribution in [-0.4, -0.2) is 30.3 Å². The summed E-state index contributed by atoms with van der Waals surface area (Å²) in [5.41, 5.74) is 0.333. The van der Waals surface area contributed by atoms with Crippen LogP contribution in [0.3, 0.4) is 0 Å². The van der Waals surface area contributed by atoms with Crippen molar-refractivity contribution in [3.63, 3.8) is 0 Å². The van der Waals surface area contributed by atoms with E-state index in [0.717, 1.165) is 12.1 Å². The van der Waals surface area contributed by atoms with Gasteiger partial charge in [-0.2, -0.15) is 26.3 Å². The summed E-state index contributed by atoms with van der Waals surface area (Å²) in [6, 6.07) is 3.79. The van der Waals surface area contributed by atoms with E-state index in [1.54, 1.807) is 13.0 Å². The van der Waals surface area contributed by atoms with Gasteiger partial charge in [0.05, 0.1) is 12.7 Å². The fraction of sp³-hybridized carbons (Fsp3) is 0.429. The predicted octanol–water partition coefficient (Wildman–Crippen LogP) is 3.75. The highest BCUT2D eigenvalue weighted by Crippen LogP contribution is 2.30. The van der Waals surface area contributed by atoms with E-state index in [0.29, 0.717) is 11.1 Å². The largest absolute Gasteiger partial charge is 0.490 e. The van der Waals surface area contributed by atoms with Crippen LogP contribution < -0.4 is 0 Å². The second kappa shape index (κ2) is 8.55. The molecule has 0 spiro atoms. The summed E-state index contributed by atoms with van der Waals surface area (Å²) in [6.45, 7) is 1.59. The molecule has 0 fully saturated rings. The van der Waals surface area contributed by atoms with E-state index in [2.05, 4.69) is 4.74 Å². The first-order valence-electron chi connectivity index (χ1n) is 6.32. The number of alkyl halides is 6. The number of ether oxygens (including phenoxy) is 1. The Balaban J connectivity index is 0.000000640. The second-order valence-corrected chi connectivity index (χ2v) is 4.58. The normalized spacial score (nSPS) is 11.3. The van der Waals surface area contributed by atoms with Gasteiger partial charge in [-0.15, -0.1) is 0 Å². The van der Waals surface area contributed by atoms with Gasteiger partial charge in [-0.25, -0.2) is 4.79 Å². The van der Waals surface area contributed by atoms with Gasteiger partial charge in [0.15, 0.2) is 0 Å². The number of carboxylic acids is 1. The topological polar surface area (TPSA) is 63.6 Å². The van der Waals surface area contributed by atoms with Gasteiger partial charge in [0.2, 0.25) is 0 Å². The van der Waals surface area contributed by atoms with Crippen LogP contribution in [0.4, 0.5) is 26.3 Å². The lowest BCUT2D eigenvalue weighted by Crippen LogP contribution is -2.21. The molecule has 0 aliphatic rings. The molecule has 24 heavy (non-hydrogen) atoms. The molecule has 1 N–H and O–H groups in total. The van der Waals surface area contributed by atoms with Gasteiger partial charge in [0.25, 0.3) is 0 Å². The average Bonchev–Trinajstić information content (AvgIpc) is 2.42. The standard InChI is InChI=1S/C12H13F3O2.C2HF3O2/c1-8-5-9(3-4-11(16)17-2)7-10(6-8)12(13,14)15;3-2(4,5)1(6)7/h5-7H,3-4H2,1-2H3;(H,6,7). The molecule has 0 aliphatic heterocycles. The van der Waals surface area contributed by atoms with E-state index in [1.807, 2.05) is 0 Å². The molecule has 1 aromatic rings. The van der Waals surface area contributed by atoms with Crippen LogP contribution in [0, 0.1) is 6.92 Å². The first-order chi connectivity index (χ1) is 10.8. The minimum Gasteiger partial charge on any atom is -0.475 e. The Morgan fingerprint density at radius 3 is 1.96 bits per heavy atom. The number of benzene rings is 1. The van der Waals surface area contributed by atoms with Gasteiger partial charge in [-0.1, -0.05) is 11.6 Å². The molecule has 0 saturated heterocycles. The Morgan fingerprint density at radius 2 is 1.58 bits per heavy atom. The fourth-order valence-corrected chi connectivity index (χ4v) is 1.52. The van der Waals surface area contributed by atoms with Gasteiger partial charge < -0.3 is 9.84 Å². The highest BCUT2D eigenvalue weighted by Gasteiger charge is 2.38.